The highest BCUT2D eigenvalue weighted by atomic mass is 16.1. The van der Waals surface area contributed by atoms with Crippen LogP contribution in [0.5, 0.6) is 0 Å². The molecule has 24 heavy (non-hydrogen) atoms. The van der Waals surface area contributed by atoms with Gasteiger partial charge in [-0.3, -0.25) is 4.79 Å². The molecule has 1 heterocycles. The Kier molecular flexibility index (Phi) is 4.65. The van der Waals surface area contributed by atoms with E-state index in [9.17, 15) is 4.79 Å². The normalized spacial score (nSPS) is 12.3. The van der Waals surface area contributed by atoms with Crippen molar-refractivity contribution in [2.24, 2.45) is 0 Å². The van der Waals surface area contributed by atoms with Crippen molar-refractivity contribution in [3.8, 4) is 0 Å². The van der Waals surface area contributed by atoms with Gasteiger partial charge in [0, 0.05) is 12.1 Å². The van der Waals surface area contributed by atoms with E-state index in [0.29, 0.717) is 5.56 Å². The van der Waals surface area contributed by atoms with Gasteiger partial charge in [-0.2, -0.15) is 0 Å². The zero-order chi connectivity index (χ0) is 17.1. The summed E-state index contributed by atoms with van der Waals surface area (Å²) >= 11 is 0. The highest BCUT2D eigenvalue weighted by Gasteiger charge is 2.18. The summed E-state index contributed by atoms with van der Waals surface area (Å²) in [4.78, 5) is 17.3. The highest BCUT2D eigenvalue weighted by Crippen LogP contribution is 2.21. The molecule has 3 aromatic rings. The predicted octanol–water partition coefficient (Wildman–Crippen LogP) is 4.25. The van der Waals surface area contributed by atoms with Gasteiger partial charge in [0.05, 0.1) is 17.1 Å². The van der Waals surface area contributed by atoms with Crippen LogP contribution in [0.4, 0.5) is 0 Å². The van der Waals surface area contributed by atoms with E-state index in [1.54, 1.807) is 0 Å². The maximum absolute atomic E-state index is 12.5. The van der Waals surface area contributed by atoms with Crippen molar-refractivity contribution < 1.29 is 4.79 Å². The SMILES string of the molecule is CCCn1c(C(C)NC(=O)c2cccc(C)c2)nc2ccccc21. The minimum atomic E-state index is -0.156. The lowest BCUT2D eigenvalue weighted by Crippen LogP contribution is -2.28. The van der Waals surface area contributed by atoms with Crippen molar-refractivity contribution >= 4 is 16.9 Å². The molecule has 0 aliphatic heterocycles. The molecule has 124 valence electrons. The van der Waals surface area contributed by atoms with Crippen LogP contribution >= 0.6 is 0 Å². The number of nitrogens with one attached hydrogen (secondary N) is 1. The third kappa shape index (κ3) is 3.18. The van der Waals surface area contributed by atoms with Gasteiger partial charge in [-0.1, -0.05) is 36.8 Å². The Morgan fingerprint density at radius 2 is 2.00 bits per heavy atom. The predicted molar refractivity (Wildman–Crippen MR) is 97.1 cm³/mol. The van der Waals surface area contributed by atoms with Crippen molar-refractivity contribution in [3.05, 3.63) is 65.5 Å². The molecule has 0 saturated heterocycles. The number of aryl methyl sites for hydroxylation is 2. The topological polar surface area (TPSA) is 46.9 Å². The van der Waals surface area contributed by atoms with Gasteiger partial charge >= 0.3 is 0 Å². The number of aromatic nitrogens is 2. The Morgan fingerprint density at radius 1 is 1.21 bits per heavy atom. The van der Waals surface area contributed by atoms with E-state index in [0.717, 1.165) is 35.4 Å². The van der Waals surface area contributed by atoms with Crippen LogP contribution in [0.1, 0.15) is 48.1 Å². The minimum Gasteiger partial charge on any atom is -0.342 e. The van der Waals surface area contributed by atoms with Gasteiger partial charge in [0.2, 0.25) is 0 Å². The second-order valence-electron chi connectivity index (χ2n) is 6.17. The van der Waals surface area contributed by atoms with Crippen LogP contribution in [0.25, 0.3) is 11.0 Å². The number of imidazole rings is 1. The third-order valence-electron chi connectivity index (χ3n) is 4.15. The van der Waals surface area contributed by atoms with Crippen molar-refractivity contribution in [1.29, 1.82) is 0 Å². The smallest absolute Gasteiger partial charge is 0.251 e. The third-order valence-corrected chi connectivity index (χ3v) is 4.15. The molecule has 0 radical (unpaired) electrons. The summed E-state index contributed by atoms with van der Waals surface area (Å²) in [6.07, 6.45) is 1.02. The Morgan fingerprint density at radius 3 is 2.75 bits per heavy atom. The van der Waals surface area contributed by atoms with Crippen LogP contribution in [0, 0.1) is 6.92 Å². The van der Waals surface area contributed by atoms with Gasteiger partial charge in [0.1, 0.15) is 5.82 Å². The van der Waals surface area contributed by atoms with E-state index >= 15 is 0 Å². The van der Waals surface area contributed by atoms with Crippen molar-refractivity contribution in [2.75, 3.05) is 0 Å². The fraction of sp³-hybridized carbons (Fsp3) is 0.300. The molecule has 0 fully saturated rings. The number of fused-ring (bicyclic) bond motifs is 1. The van der Waals surface area contributed by atoms with Crippen molar-refractivity contribution in [2.45, 2.75) is 39.8 Å². The lowest BCUT2D eigenvalue weighted by atomic mass is 10.1. The van der Waals surface area contributed by atoms with Crippen LogP contribution in [0.2, 0.25) is 0 Å². The molecule has 0 bridgehead atoms. The average molecular weight is 321 g/mol. The van der Waals surface area contributed by atoms with E-state index in [1.807, 2.05) is 56.3 Å². The summed E-state index contributed by atoms with van der Waals surface area (Å²) < 4.78 is 2.20. The van der Waals surface area contributed by atoms with Crippen molar-refractivity contribution in [3.63, 3.8) is 0 Å². The number of hydrogen-bond acceptors (Lipinski definition) is 2. The van der Waals surface area contributed by atoms with Crippen LogP contribution < -0.4 is 5.32 Å². The van der Waals surface area contributed by atoms with E-state index < -0.39 is 0 Å². The first kappa shape index (κ1) is 16.2. The number of carbonyl (C=O) groups excluding carboxylic acids is 1. The fourth-order valence-corrected chi connectivity index (χ4v) is 3.01. The first-order chi connectivity index (χ1) is 11.6. The van der Waals surface area contributed by atoms with Gasteiger partial charge in [0.25, 0.3) is 5.91 Å². The lowest BCUT2D eigenvalue weighted by molar-refractivity contribution is 0.0937. The molecule has 1 N–H and O–H groups in total. The van der Waals surface area contributed by atoms with E-state index in [2.05, 4.69) is 22.9 Å². The Labute approximate surface area is 142 Å². The molecular formula is C20H23N3O. The summed E-state index contributed by atoms with van der Waals surface area (Å²) in [6.45, 7) is 7.01. The second-order valence-corrected chi connectivity index (χ2v) is 6.17. The summed E-state index contributed by atoms with van der Waals surface area (Å²) in [6, 6.07) is 15.6. The number of benzene rings is 2. The lowest BCUT2D eigenvalue weighted by Gasteiger charge is -2.16. The molecular weight excluding hydrogens is 298 g/mol. The highest BCUT2D eigenvalue weighted by molar-refractivity contribution is 5.94. The average Bonchev–Trinajstić information content (AvgIpc) is 2.94. The van der Waals surface area contributed by atoms with Gasteiger partial charge in [-0.25, -0.2) is 4.98 Å². The molecule has 0 saturated carbocycles. The first-order valence-electron chi connectivity index (χ1n) is 8.43. The largest absolute Gasteiger partial charge is 0.342 e. The molecule has 0 aliphatic carbocycles. The summed E-state index contributed by atoms with van der Waals surface area (Å²) in [5.74, 6) is 0.834. The van der Waals surface area contributed by atoms with Crippen molar-refractivity contribution in [1.82, 2.24) is 14.9 Å². The quantitative estimate of drug-likeness (QED) is 0.764. The number of amides is 1. The monoisotopic (exact) mass is 321 g/mol. The molecule has 1 amide bonds. The van der Waals surface area contributed by atoms with Gasteiger partial charge in [-0.05, 0) is 44.5 Å². The molecule has 0 aliphatic rings. The number of nitrogens with zero attached hydrogens (tertiary/aromatic N) is 2. The van der Waals surface area contributed by atoms with Crippen LogP contribution in [-0.2, 0) is 6.54 Å². The zero-order valence-electron chi connectivity index (χ0n) is 14.4. The summed E-state index contributed by atoms with van der Waals surface area (Å²) in [5.41, 5.74) is 3.84. The minimum absolute atomic E-state index is 0.0682. The molecule has 3 rings (SSSR count). The molecule has 4 heteroatoms. The maximum atomic E-state index is 12.5. The van der Waals surface area contributed by atoms with Crippen LogP contribution in [-0.4, -0.2) is 15.5 Å². The number of rotatable bonds is 5. The summed E-state index contributed by atoms with van der Waals surface area (Å²) in [5, 5.41) is 3.08. The molecule has 2 aromatic carbocycles. The molecule has 0 spiro atoms. The van der Waals surface area contributed by atoms with E-state index in [-0.39, 0.29) is 11.9 Å². The van der Waals surface area contributed by atoms with Gasteiger partial charge in [-0.15, -0.1) is 0 Å². The van der Waals surface area contributed by atoms with E-state index in [4.69, 9.17) is 4.98 Å². The first-order valence-corrected chi connectivity index (χ1v) is 8.43. The number of hydrogen-bond donors (Lipinski definition) is 1. The maximum Gasteiger partial charge on any atom is 0.251 e. The number of para-hydroxylation sites is 2. The molecule has 1 aromatic heterocycles. The summed E-state index contributed by atoms with van der Waals surface area (Å²) in [7, 11) is 0. The number of carbonyl (C=O) groups is 1. The van der Waals surface area contributed by atoms with Gasteiger partial charge < -0.3 is 9.88 Å². The zero-order valence-corrected chi connectivity index (χ0v) is 14.4. The van der Waals surface area contributed by atoms with Crippen LogP contribution in [0.3, 0.4) is 0 Å². The Bertz CT molecular complexity index is 866. The molecule has 1 unspecified atom stereocenters. The Hall–Kier alpha value is -2.62. The van der Waals surface area contributed by atoms with Gasteiger partial charge in [0.15, 0.2) is 0 Å². The standard InChI is InChI=1S/C20H23N3O/c1-4-12-23-18-11-6-5-10-17(18)22-19(23)15(3)21-20(24)16-9-7-8-14(2)13-16/h5-11,13,15H,4,12H2,1-3H3,(H,21,24). The Balaban J connectivity index is 1.89. The molecule has 1 atom stereocenters. The second kappa shape index (κ2) is 6.87. The van der Waals surface area contributed by atoms with Crippen LogP contribution in [0.15, 0.2) is 48.5 Å². The fourth-order valence-electron chi connectivity index (χ4n) is 3.01. The van der Waals surface area contributed by atoms with E-state index in [1.165, 1.54) is 0 Å². The molecule has 4 nitrogen and oxygen atoms in total.